The monoisotopic (exact) mass is 158 g/mol. The molecule has 10 heavy (non-hydrogen) atoms. The number of esters is 1. The normalized spacial score (nSPS) is 32.4. The van der Waals surface area contributed by atoms with Gasteiger partial charge in [-0.3, -0.25) is 4.79 Å². The first-order valence-electron chi connectivity index (χ1n) is 3.65. The van der Waals surface area contributed by atoms with Gasteiger partial charge in [-0.2, -0.15) is 11.8 Å². The standard InChI is InChI=1S/C7H10O2S/c8-7-3-6(4-9-7)10-5-1-2-5/h5-6H,1-4H2. The summed E-state index contributed by atoms with van der Waals surface area (Å²) in [6, 6.07) is 0. The van der Waals surface area contributed by atoms with Crippen molar-refractivity contribution in [1.82, 2.24) is 0 Å². The molecule has 0 aromatic carbocycles. The molecule has 0 bridgehead atoms. The molecule has 1 heterocycles. The van der Waals surface area contributed by atoms with Gasteiger partial charge in [-0.15, -0.1) is 0 Å². The van der Waals surface area contributed by atoms with Crippen molar-refractivity contribution in [3.05, 3.63) is 0 Å². The van der Waals surface area contributed by atoms with Gasteiger partial charge in [0.05, 0.1) is 6.42 Å². The van der Waals surface area contributed by atoms with Crippen LogP contribution in [0.1, 0.15) is 19.3 Å². The summed E-state index contributed by atoms with van der Waals surface area (Å²) in [5.41, 5.74) is 0. The predicted molar refractivity (Wildman–Crippen MR) is 40.0 cm³/mol. The number of carbonyl (C=O) groups excluding carboxylic acids is 1. The molecule has 1 atom stereocenters. The molecule has 1 unspecified atom stereocenters. The van der Waals surface area contributed by atoms with Crippen LogP contribution in [-0.2, 0) is 9.53 Å². The molecular weight excluding hydrogens is 148 g/mol. The second kappa shape index (κ2) is 2.46. The Kier molecular flexibility index (Phi) is 1.60. The first-order valence-corrected chi connectivity index (χ1v) is 4.60. The van der Waals surface area contributed by atoms with E-state index in [0.717, 1.165) is 5.25 Å². The zero-order chi connectivity index (χ0) is 6.97. The van der Waals surface area contributed by atoms with E-state index in [1.165, 1.54) is 12.8 Å². The molecule has 3 heteroatoms. The largest absolute Gasteiger partial charge is 0.464 e. The molecule has 1 aliphatic carbocycles. The molecule has 2 rings (SSSR count). The summed E-state index contributed by atoms with van der Waals surface area (Å²) >= 11 is 1.93. The Bertz CT molecular complexity index is 154. The number of hydrogen-bond acceptors (Lipinski definition) is 3. The second-order valence-corrected chi connectivity index (χ2v) is 4.45. The lowest BCUT2D eigenvalue weighted by atomic mass is 10.4. The van der Waals surface area contributed by atoms with Gasteiger partial charge < -0.3 is 4.74 Å². The van der Waals surface area contributed by atoms with E-state index in [4.69, 9.17) is 4.74 Å². The third kappa shape index (κ3) is 1.45. The van der Waals surface area contributed by atoms with Gasteiger partial charge in [0.25, 0.3) is 0 Å². The molecular formula is C7H10O2S. The molecule has 0 N–H and O–H groups in total. The van der Waals surface area contributed by atoms with Crippen LogP contribution in [0.2, 0.25) is 0 Å². The van der Waals surface area contributed by atoms with Crippen LogP contribution in [-0.4, -0.2) is 23.1 Å². The Hall–Kier alpha value is -0.180. The van der Waals surface area contributed by atoms with E-state index in [2.05, 4.69) is 0 Å². The van der Waals surface area contributed by atoms with Gasteiger partial charge in [0.15, 0.2) is 0 Å². The second-order valence-electron chi connectivity index (χ2n) is 2.84. The molecule has 1 saturated heterocycles. The van der Waals surface area contributed by atoms with Crippen LogP contribution in [0.5, 0.6) is 0 Å². The molecule has 2 fully saturated rings. The summed E-state index contributed by atoms with van der Waals surface area (Å²) in [4.78, 5) is 10.6. The molecule has 0 amide bonds. The van der Waals surface area contributed by atoms with Gasteiger partial charge in [-0.05, 0) is 12.8 Å². The Morgan fingerprint density at radius 1 is 1.40 bits per heavy atom. The zero-order valence-electron chi connectivity index (χ0n) is 5.71. The summed E-state index contributed by atoms with van der Waals surface area (Å²) in [5, 5.41) is 1.32. The van der Waals surface area contributed by atoms with E-state index in [1.807, 2.05) is 11.8 Å². The number of cyclic esters (lactones) is 1. The zero-order valence-corrected chi connectivity index (χ0v) is 6.52. The van der Waals surface area contributed by atoms with E-state index in [-0.39, 0.29) is 5.97 Å². The summed E-state index contributed by atoms with van der Waals surface area (Å²) in [6.45, 7) is 0.653. The summed E-state index contributed by atoms with van der Waals surface area (Å²) in [6.07, 6.45) is 3.33. The summed E-state index contributed by atoms with van der Waals surface area (Å²) in [5.74, 6) is -0.0156. The highest BCUT2D eigenvalue weighted by atomic mass is 32.2. The molecule has 0 aromatic rings. The number of hydrogen-bond donors (Lipinski definition) is 0. The number of carbonyl (C=O) groups is 1. The SMILES string of the molecule is O=C1CC(SC2CC2)CO1. The van der Waals surface area contributed by atoms with Gasteiger partial charge in [0.1, 0.15) is 6.61 Å². The van der Waals surface area contributed by atoms with Crippen LogP contribution in [0, 0.1) is 0 Å². The van der Waals surface area contributed by atoms with Crippen LogP contribution in [0.15, 0.2) is 0 Å². The first kappa shape index (κ1) is 6.53. The minimum atomic E-state index is -0.0156. The van der Waals surface area contributed by atoms with Gasteiger partial charge in [0.2, 0.25) is 0 Å². The lowest BCUT2D eigenvalue weighted by Crippen LogP contribution is -2.01. The van der Waals surface area contributed by atoms with E-state index in [1.54, 1.807) is 0 Å². The minimum absolute atomic E-state index is 0.0156. The van der Waals surface area contributed by atoms with E-state index in [0.29, 0.717) is 18.3 Å². The topological polar surface area (TPSA) is 26.3 Å². The van der Waals surface area contributed by atoms with Crippen molar-refractivity contribution >= 4 is 17.7 Å². The smallest absolute Gasteiger partial charge is 0.307 e. The third-order valence-electron chi connectivity index (χ3n) is 1.73. The van der Waals surface area contributed by atoms with Crippen molar-refractivity contribution in [2.24, 2.45) is 0 Å². The molecule has 1 aliphatic heterocycles. The molecule has 0 aromatic heterocycles. The van der Waals surface area contributed by atoms with Crippen molar-refractivity contribution in [1.29, 1.82) is 0 Å². The van der Waals surface area contributed by atoms with Crippen molar-refractivity contribution < 1.29 is 9.53 Å². The van der Waals surface area contributed by atoms with Gasteiger partial charge in [-0.1, -0.05) is 0 Å². The van der Waals surface area contributed by atoms with Gasteiger partial charge >= 0.3 is 5.97 Å². The molecule has 0 radical (unpaired) electrons. The molecule has 2 nitrogen and oxygen atoms in total. The van der Waals surface area contributed by atoms with Gasteiger partial charge in [-0.25, -0.2) is 0 Å². The van der Waals surface area contributed by atoms with E-state index < -0.39 is 0 Å². The Labute approximate surface area is 64.3 Å². The fourth-order valence-electron chi connectivity index (χ4n) is 1.05. The molecule has 0 spiro atoms. The Morgan fingerprint density at radius 2 is 2.20 bits per heavy atom. The van der Waals surface area contributed by atoms with Crippen LogP contribution in [0.25, 0.3) is 0 Å². The fraction of sp³-hybridized carbons (Fsp3) is 0.857. The van der Waals surface area contributed by atoms with Crippen LogP contribution < -0.4 is 0 Å². The average molecular weight is 158 g/mol. The van der Waals surface area contributed by atoms with Crippen LogP contribution in [0.3, 0.4) is 0 Å². The number of ether oxygens (including phenoxy) is 1. The maximum atomic E-state index is 10.6. The van der Waals surface area contributed by atoms with Crippen LogP contribution in [0.4, 0.5) is 0 Å². The summed E-state index contributed by atoms with van der Waals surface area (Å²) in [7, 11) is 0. The van der Waals surface area contributed by atoms with Gasteiger partial charge in [0, 0.05) is 10.5 Å². The molecule has 2 aliphatic rings. The Balaban J connectivity index is 1.77. The van der Waals surface area contributed by atoms with Crippen molar-refractivity contribution in [2.75, 3.05) is 6.61 Å². The lowest BCUT2D eigenvalue weighted by Gasteiger charge is -2.01. The number of thioether (sulfide) groups is 1. The third-order valence-corrected chi connectivity index (χ3v) is 3.28. The number of rotatable bonds is 2. The first-order chi connectivity index (χ1) is 4.84. The highest BCUT2D eigenvalue weighted by Crippen LogP contribution is 2.39. The highest BCUT2D eigenvalue weighted by molar-refractivity contribution is 8.00. The predicted octanol–water partition coefficient (Wildman–Crippen LogP) is 1.20. The maximum absolute atomic E-state index is 10.6. The summed E-state index contributed by atoms with van der Waals surface area (Å²) < 4.78 is 4.83. The van der Waals surface area contributed by atoms with Crippen LogP contribution >= 0.6 is 11.8 Å². The fourth-order valence-corrected chi connectivity index (χ4v) is 2.38. The quantitative estimate of drug-likeness (QED) is 0.565. The van der Waals surface area contributed by atoms with E-state index >= 15 is 0 Å². The van der Waals surface area contributed by atoms with Crippen molar-refractivity contribution in [3.8, 4) is 0 Å². The van der Waals surface area contributed by atoms with Crippen molar-refractivity contribution in [2.45, 2.75) is 29.8 Å². The lowest BCUT2D eigenvalue weighted by molar-refractivity contribution is -0.137. The highest BCUT2D eigenvalue weighted by Gasteiger charge is 2.31. The maximum Gasteiger partial charge on any atom is 0.307 e. The molecule has 1 saturated carbocycles. The van der Waals surface area contributed by atoms with E-state index in [9.17, 15) is 4.79 Å². The minimum Gasteiger partial charge on any atom is -0.464 e. The Morgan fingerprint density at radius 3 is 2.70 bits per heavy atom. The average Bonchev–Trinajstić information content (AvgIpc) is 2.59. The molecule has 56 valence electrons. The van der Waals surface area contributed by atoms with Crippen molar-refractivity contribution in [3.63, 3.8) is 0 Å².